The van der Waals surface area contributed by atoms with Crippen molar-refractivity contribution in [3.63, 3.8) is 0 Å². The fourth-order valence-corrected chi connectivity index (χ4v) is 4.69. The van der Waals surface area contributed by atoms with Gasteiger partial charge in [0.1, 0.15) is 6.04 Å². The molecule has 0 saturated carbocycles. The first-order valence-corrected chi connectivity index (χ1v) is 9.89. The number of likely N-dealkylation sites (N-methyl/N-ethyl adjacent to an activating group) is 1. The fraction of sp³-hybridized carbons (Fsp3) is 0.588. The molecule has 1 heterocycles. The van der Waals surface area contributed by atoms with E-state index in [2.05, 4.69) is 10.6 Å². The Balaban J connectivity index is 2.28. The SMILES string of the molecule is CNC(=O)C(C)Nc1ccc(C)c(S(=O)(=O)N2CCCCCC2)c1. The van der Waals surface area contributed by atoms with Crippen molar-refractivity contribution in [2.45, 2.75) is 50.5 Å². The Kier molecular flexibility index (Phi) is 6.23. The van der Waals surface area contributed by atoms with E-state index in [4.69, 9.17) is 0 Å². The molecule has 1 aromatic carbocycles. The van der Waals surface area contributed by atoms with E-state index in [0.29, 0.717) is 23.7 Å². The standard InChI is InChI=1S/C17H27N3O3S/c1-13-8-9-15(19-14(2)17(21)18-3)12-16(13)24(22,23)20-10-6-4-5-7-11-20/h8-9,12,14,19H,4-7,10-11H2,1-3H3,(H,18,21). The third-order valence-electron chi connectivity index (χ3n) is 4.39. The summed E-state index contributed by atoms with van der Waals surface area (Å²) in [4.78, 5) is 12.0. The number of carbonyl (C=O) groups is 1. The molecule has 1 amide bonds. The number of anilines is 1. The number of aryl methyl sites for hydroxylation is 1. The number of sulfonamides is 1. The van der Waals surface area contributed by atoms with Crippen LogP contribution in [0.1, 0.15) is 38.2 Å². The second kappa shape index (κ2) is 7.98. The molecule has 1 aliphatic rings. The zero-order valence-corrected chi connectivity index (χ0v) is 15.4. The predicted molar refractivity (Wildman–Crippen MR) is 95.6 cm³/mol. The van der Waals surface area contributed by atoms with Crippen LogP contribution >= 0.6 is 0 Å². The van der Waals surface area contributed by atoms with Crippen LogP contribution < -0.4 is 10.6 Å². The van der Waals surface area contributed by atoms with Crippen molar-refractivity contribution >= 4 is 21.6 Å². The number of rotatable bonds is 5. The van der Waals surface area contributed by atoms with Gasteiger partial charge in [0, 0.05) is 25.8 Å². The third kappa shape index (κ3) is 4.27. The van der Waals surface area contributed by atoms with E-state index in [-0.39, 0.29) is 5.91 Å². The Bertz CT molecular complexity index is 680. The van der Waals surface area contributed by atoms with E-state index in [0.717, 1.165) is 31.2 Å². The summed E-state index contributed by atoms with van der Waals surface area (Å²) in [6.45, 7) is 4.69. The summed E-state index contributed by atoms with van der Waals surface area (Å²) in [6.07, 6.45) is 3.97. The molecule has 1 atom stereocenters. The van der Waals surface area contributed by atoms with Gasteiger partial charge in [0.15, 0.2) is 0 Å². The Morgan fingerprint density at radius 1 is 1.17 bits per heavy atom. The van der Waals surface area contributed by atoms with Gasteiger partial charge in [-0.25, -0.2) is 8.42 Å². The largest absolute Gasteiger partial charge is 0.374 e. The number of nitrogens with one attached hydrogen (secondary N) is 2. The molecule has 0 aromatic heterocycles. The minimum atomic E-state index is -3.51. The molecular formula is C17H27N3O3S. The Labute approximate surface area is 144 Å². The summed E-state index contributed by atoms with van der Waals surface area (Å²) < 4.78 is 27.6. The van der Waals surface area contributed by atoms with Crippen LogP contribution in [0.15, 0.2) is 23.1 Å². The van der Waals surface area contributed by atoms with Crippen molar-refractivity contribution in [3.8, 4) is 0 Å². The number of nitrogens with zero attached hydrogens (tertiary/aromatic N) is 1. The summed E-state index contributed by atoms with van der Waals surface area (Å²) in [7, 11) is -1.93. The van der Waals surface area contributed by atoms with E-state index >= 15 is 0 Å². The van der Waals surface area contributed by atoms with Gasteiger partial charge >= 0.3 is 0 Å². The molecule has 6 nitrogen and oxygen atoms in total. The average Bonchev–Trinajstić information content (AvgIpc) is 2.85. The minimum absolute atomic E-state index is 0.146. The van der Waals surface area contributed by atoms with Crippen molar-refractivity contribution in [2.24, 2.45) is 0 Å². The summed E-state index contributed by atoms with van der Waals surface area (Å²) in [6, 6.07) is 4.78. The molecular weight excluding hydrogens is 326 g/mol. The van der Waals surface area contributed by atoms with Crippen LogP contribution in [-0.4, -0.2) is 44.8 Å². The molecule has 1 unspecified atom stereocenters. The highest BCUT2D eigenvalue weighted by Crippen LogP contribution is 2.26. The number of benzene rings is 1. The monoisotopic (exact) mass is 353 g/mol. The smallest absolute Gasteiger partial charge is 0.243 e. The second-order valence-corrected chi connectivity index (χ2v) is 8.19. The van der Waals surface area contributed by atoms with Crippen molar-refractivity contribution in [1.82, 2.24) is 9.62 Å². The number of hydrogen-bond donors (Lipinski definition) is 2. The first-order valence-electron chi connectivity index (χ1n) is 8.45. The highest BCUT2D eigenvalue weighted by Gasteiger charge is 2.27. The van der Waals surface area contributed by atoms with Crippen molar-refractivity contribution in [2.75, 3.05) is 25.5 Å². The van der Waals surface area contributed by atoms with Crippen molar-refractivity contribution in [3.05, 3.63) is 23.8 Å². The zero-order valence-electron chi connectivity index (χ0n) is 14.6. The van der Waals surface area contributed by atoms with Crippen LogP contribution in [0.4, 0.5) is 5.69 Å². The topological polar surface area (TPSA) is 78.5 Å². The molecule has 1 fully saturated rings. The van der Waals surface area contributed by atoms with Crippen molar-refractivity contribution in [1.29, 1.82) is 0 Å². The molecule has 24 heavy (non-hydrogen) atoms. The molecule has 0 spiro atoms. The van der Waals surface area contributed by atoms with Gasteiger partial charge in [-0.2, -0.15) is 4.31 Å². The van der Waals surface area contributed by atoms with E-state index in [9.17, 15) is 13.2 Å². The van der Waals surface area contributed by atoms with Gasteiger partial charge in [0.25, 0.3) is 0 Å². The predicted octanol–water partition coefficient (Wildman–Crippen LogP) is 2.11. The molecule has 2 rings (SSSR count). The Hall–Kier alpha value is -1.60. The lowest BCUT2D eigenvalue weighted by Crippen LogP contribution is -2.35. The van der Waals surface area contributed by atoms with Gasteiger partial charge in [-0.1, -0.05) is 18.9 Å². The maximum Gasteiger partial charge on any atom is 0.243 e. The van der Waals surface area contributed by atoms with Gasteiger partial charge < -0.3 is 10.6 Å². The first kappa shape index (κ1) is 18.7. The molecule has 2 N–H and O–H groups in total. The highest BCUT2D eigenvalue weighted by molar-refractivity contribution is 7.89. The number of hydrogen-bond acceptors (Lipinski definition) is 4. The molecule has 1 aromatic rings. The number of amides is 1. The van der Waals surface area contributed by atoms with Gasteiger partial charge in [0.2, 0.25) is 15.9 Å². The van der Waals surface area contributed by atoms with Crippen LogP contribution in [0.25, 0.3) is 0 Å². The Morgan fingerprint density at radius 3 is 2.38 bits per heavy atom. The van der Waals surface area contributed by atoms with Crippen molar-refractivity contribution < 1.29 is 13.2 Å². The lowest BCUT2D eigenvalue weighted by molar-refractivity contribution is -0.121. The maximum absolute atomic E-state index is 13.0. The molecule has 1 aliphatic heterocycles. The molecule has 134 valence electrons. The minimum Gasteiger partial charge on any atom is -0.374 e. The lowest BCUT2D eigenvalue weighted by Gasteiger charge is -2.22. The summed E-state index contributed by atoms with van der Waals surface area (Å²) >= 11 is 0. The van der Waals surface area contributed by atoms with Crippen LogP contribution in [0.2, 0.25) is 0 Å². The van der Waals surface area contributed by atoms with Gasteiger partial charge in [-0.3, -0.25) is 4.79 Å². The average molecular weight is 353 g/mol. The molecule has 0 radical (unpaired) electrons. The van der Waals surface area contributed by atoms with Crippen LogP contribution in [0, 0.1) is 6.92 Å². The normalized spacial score (nSPS) is 17.8. The second-order valence-electron chi connectivity index (χ2n) is 6.28. The van der Waals surface area contributed by atoms with Gasteiger partial charge in [0.05, 0.1) is 4.90 Å². The van der Waals surface area contributed by atoms with Gasteiger partial charge in [-0.15, -0.1) is 0 Å². The summed E-state index contributed by atoms with van der Waals surface area (Å²) in [5.41, 5.74) is 1.35. The quantitative estimate of drug-likeness (QED) is 0.850. The lowest BCUT2D eigenvalue weighted by atomic mass is 10.2. The van der Waals surface area contributed by atoms with E-state index in [1.54, 1.807) is 43.4 Å². The fourth-order valence-electron chi connectivity index (χ4n) is 2.92. The van der Waals surface area contributed by atoms with Crippen LogP contribution in [0.3, 0.4) is 0 Å². The summed E-state index contributed by atoms with van der Waals surface area (Å²) in [5, 5.41) is 5.62. The van der Waals surface area contributed by atoms with E-state index in [1.165, 1.54) is 0 Å². The highest BCUT2D eigenvalue weighted by atomic mass is 32.2. The molecule has 7 heteroatoms. The first-order chi connectivity index (χ1) is 11.4. The Morgan fingerprint density at radius 2 is 1.79 bits per heavy atom. The van der Waals surface area contributed by atoms with Crippen LogP contribution in [0.5, 0.6) is 0 Å². The maximum atomic E-state index is 13.0. The van der Waals surface area contributed by atoms with Crippen LogP contribution in [-0.2, 0) is 14.8 Å². The molecule has 0 aliphatic carbocycles. The molecule has 0 bridgehead atoms. The van der Waals surface area contributed by atoms with E-state index in [1.807, 2.05) is 0 Å². The third-order valence-corrected chi connectivity index (χ3v) is 6.43. The summed E-state index contributed by atoms with van der Waals surface area (Å²) in [5.74, 6) is -0.146. The van der Waals surface area contributed by atoms with E-state index < -0.39 is 16.1 Å². The molecule has 1 saturated heterocycles. The van der Waals surface area contributed by atoms with Gasteiger partial charge in [-0.05, 0) is 44.4 Å². The number of carbonyl (C=O) groups excluding carboxylic acids is 1. The zero-order chi connectivity index (χ0) is 17.7.